The van der Waals surface area contributed by atoms with Crippen LogP contribution in [0.15, 0.2) is 54.6 Å². The van der Waals surface area contributed by atoms with Crippen molar-refractivity contribution in [2.75, 3.05) is 7.11 Å². The second kappa shape index (κ2) is 5.87. The molecular weight excluding hydrogens is 240 g/mol. The molecule has 1 N–H and O–H groups in total. The second-order valence-electron chi connectivity index (χ2n) is 4.01. The van der Waals surface area contributed by atoms with Gasteiger partial charge in [0.2, 0.25) is 0 Å². The van der Waals surface area contributed by atoms with Crippen LogP contribution >= 0.6 is 0 Å². The summed E-state index contributed by atoms with van der Waals surface area (Å²) in [6, 6.07) is 16.0. The van der Waals surface area contributed by atoms with Crippen LogP contribution in [0.5, 0.6) is 5.75 Å². The molecule has 0 atom stereocenters. The fraction of sp³-hybridized carbons (Fsp3) is 0.0625. The highest BCUT2D eigenvalue weighted by atomic mass is 16.5. The number of methoxy groups -OCH3 is 1. The van der Waals surface area contributed by atoms with E-state index in [-0.39, 0.29) is 5.75 Å². The Morgan fingerprint density at radius 2 is 1.68 bits per heavy atom. The topological polar surface area (TPSA) is 46.5 Å². The van der Waals surface area contributed by atoms with Gasteiger partial charge in [-0.2, -0.15) is 0 Å². The molecule has 0 amide bonds. The van der Waals surface area contributed by atoms with E-state index in [0.29, 0.717) is 11.1 Å². The Bertz CT molecular complexity index is 583. The number of carbonyl (C=O) groups excluding carboxylic acids is 1. The first-order valence-electron chi connectivity index (χ1n) is 5.85. The Hall–Kier alpha value is -2.55. The molecule has 0 radical (unpaired) electrons. The molecule has 2 rings (SSSR count). The van der Waals surface area contributed by atoms with Gasteiger partial charge in [0.1, 0.15) is 5.75 Å². The lowest BCUT2D eigenvalue weighted by molar-refractivity contribution is -0.133. The Morgan fingerprint density at radius 3 is 2.26 bits per heavy atom. The number of carbonyl (C=O) groups is 1. The molecule has 2 aromatic rings. The minimum absolute atomic E-state index is 0.160. The van der Waals surface area contributed by atoms with Crippen molar-refractivity contribution in [1.29, 1.82) is 0 Å². The molecule has 0 aliphatic rings. The zero-order valence-corrected chi connectivity index (χ0v) is 10.5. The van der Waals surface area contributed by atoms with E-state index in [0.717, 1.165) is 5.56 Å². The average Bonchev–Trinajstić information content (AvgIpc) is 2.46. The molecule has 0 unspecified atom stereocenters. The van der Waals surface area contributed by atoms with Crippen molar-refractivity contribution < 1.29 is 14.6 Å². The largest absolute Gasteiger partial charge is 0.508 e. The standard InChI is InChI=1S/C16H14O3/c1-19-16(18)15(11-12-5-3-2-4-6-12)13-7-9-14(17)10-8-13/h2-11,17H,1H3. The third kappa shape index (κ3) is 3.22. The van der Waals surface area contributed by atoms with Gasteiger partial charge in [-0.05, 0) is 29.3 Å². The highest BCUT2D eigenvalue weighted by Gasteiger charge is 2.12. The number of aromatic hydroxyl groups is 1. The van der Waals surface area contributed by atoms with E-state index in [1.54, 1.807) is 18.2 Å². The van der Waals surface area contributed by atoms with Gasteiger partial charge in [-0.1, -0.05) is 42.5 Å². The minimum atomic E-state index is -0.408. The van der Waals surface area contributed by atoms with Gasteiger partial charge in [0.05, 0.1) is 12.7 Å². The molecule has 0 spiro atoms. The summed E-state index contributed by atoms with van der Waals surface area (Å²) in [6.45, 7) is 0. The van der Waals surface area contributed by atoms with Gasteiger partial charge in [0, 0.05) is 0 Å². The fourth-order valence-corrected chi connectivity index (χ4v) is 1.73. The molecule has 3 nitrogen and oxygen atoms in total. The summed E-state index contributed by atoms with van der Waals surface area (Å²) in [5.41, 5.74) is 2.07. The lowest BCUT2D eigenvalue weighted by Crippen LogP contribution is -2.03. The van der Waals surface area contributed by atoms with Crippen LogP contribution in [0.2, 0.25) is 0 Å². The van der Waals surface area contributed by atoms with Crippen molar-refractivity contribution in [3.8, 4) is 5.75 Å². The molecule has 2 aromatic carbocycles. The third-order valence-electron chi connectivity index (χ3n) is 2.69. The summed E-state index contributed by atoms with van der Waals surface area (Å²) in [4.78, 5) is 11.8. The van der Waals surface area contributed by atoms with Crippen LogP contribution < -0.4 is 0 Å². The summed E-state index contributed by atoms with van der Waals surface area (Å²) < 4.78 is 4.80. The predicted molar refractivity (Wildman–Crippen MR) is 74.4 cm³/mol. The van der Waals surface area contributed by atoms with Crippen LogP contribution in [-0.4, -0.2) is 18.2 Å². The number of phenolic OH excluding ortho intramolecular Hbond substituents is 1. The van der Waals surface area contributed by atoms with Crippen LogP contribution in [-0.2, 0) is 9.53 Å². The molecule has 0 saturated heterocycles. The first-order chi connectivity index (χ1) is 9.20. The predicted octanol–water partition coefficient (Wildman–Crippen LogP) is 3.11. The Labute approximate surface area is 111 Å². The Kier molecular flexibility index (Phi) is 3.98. The molecule has 0 fully saturated rings. The van der Waals surface area contributed by atoms with Gasteiger partial charge in [-0.15, -0.1) is 0 Å². The van der Waals surface area contributed by atoms with Gasteiger partial charge in [0.15, 0.2) is 0 Å². The number of hydrogen-bond donors (Lipinski definition) is 1. The molecule has 0 aliphatic heterocycles. The normalized spacial score (nSPS) is 11.1. The number of hydrogen-bond acceptors (Lipinski definition) is 3. The maximum atomic E-state index is 11.8. The summed E-state index contributed by atoms with van der Waals surface area (Å²) in [6.07, 6.45) is 1.76. The average molecular weight is 254 g/mol. The Balaban J connectivity index is 2.45. The lowest BCUT2D eigenvalue weighted by Gasteiger charge is -2.06. The lowest BCUT2D eigenvalue weighted by atomic mass is 10.0. The molecular formula is C16H14O3. The summed E-state index contributed by atoms with van der Waals surface area (Å²) in [5, 5.41) is 9.29. The number of esters is 1. The second-order valence-corrected chi connectivity index (χ2v) is 4.01. The maximum absolute atomic E-state index is 11.8. The molecule has 0 aromatic heterocycles. The highest BCUT2D eigenvalue weighted by Crippen LogP contribution is 2.21. The van der Waals surface area contributed by atoms with E-state index < -0.39 is 5.97 Å². The van der Waals surface area contributed by atoms with Gasteiger partial charge >= 0.3 is 5.97 Å². The minimum Gasteiger partial charge on any atom is -0.508 e. The van der Waals surface area contributed by atoms with E-state index in [2.05, 4.69) is 0 Å². The van der Waals surface area contributed by atoms with Crippen molar-refractivity contribution in [2.45, 2.75) is 0 Å². The summed E-state index contributed by atoms with van der Waals surface area (Å²) in [5.74, 6) is -0.248. The van der Waals surface area contributed by atoms with Gasteiger partial charge < -0.3 is 9.84 Å². The van der Waals surface area contributed by atoms with Gasteiger partial charge in [-0.25, -0.2) is 4.79 Å². The smallest absolute Gasteiger partial charge is 0.338 e. The van der Waals surface area contributed by atoms with E-state index in [9.17, 15) is 9.90 Å². The fourth-order valence-electron chi connectivity index (χ4n) is 1.73. The molecule has 96 valence electrons. The van der Waals surface area contributed by atoms with Crippen LogP contribution in [0.25, 0.3) is 11.6 Å². The highest BCUT2D eigenvalue weighted by molar-refractivity contribution is 6.21. The van der Waals surface area contributed by atoms with Crippen LogP contribution in [0, 0.1) is 0 Å². The molecule has 19 heavy (non-hydrogen) atoms. The monoisotopic (exact) mass is 254 g/mol. The first kappa shape index (κ1) is 12.9. The number of rotatable bonds is 3. The van der Waals surface area contributed by atoms with Crippen LogP contribution in [0.1, 0.15) is 11.1 Å². The van der Waals surface area contributed by atoms with E-state index in [1.807, 2.05) is 30.3 Å². The van der Waals surface area contributed by atoms with Crippen LogP contribution in [0.3, 0.4) is 0 Å². The number of ether oxygens (including phenoxy) is 1. The molecule has 0 saturated carbocycles. The zero-order valence-electron chi connectivity index (χ0n) is 10.5. The summed E-state index contributed by atoms with van der Waals surface area (Å²) >= 11 is 0. The van der Waals surface area contributed by atoms with Crippen molar-refractivity contribution in [1.82, 2.24) is 0 Å². The molecule has 0 bridgehead atoms. The quantitative estimate of drug-likeness (QED) is 0.520. The molecule has 0 heterocycles. The van der Waals surface area contributed by atoms with Crippen LogP contribution in [0.4, 0.5) is 0 Å². The molecule has 0 aliphatic carbocycles. The summed E-state index contributed by atoms with van der Waals surface area (Å²) in [7, 11) is 1.35. The maximum Gasteiger partial charge on any atom is 0.338 e. The zero-order chi connectivity index (χ0) is 13.7. The van der Waals surface area contributed by atoms with Gasteiger partial charge in [-0.3, -0.25) is 0 Å². The van der Waals surface area contributed by atoms with E-state index in [4.69, 9.17) is 4.74 Å². The van der Waals surface area contributed by atoms with Crippen molar-refractivity contribution in [3.05, 3.63) is 65.7 Å². The SMILES string of the molecule is COC(=O)C(=Cc1ccccc1)c1ccc(O)cc1. The van der Waals surface area contributed by atoms with Gasteiger partial charge in [0.25, 0.3) is 0 Å². The number of benzene rings is 2. The van der Waals surface area contributed by atoms with Crippen molar-refractivity contribution in [3.63, 3.8) is 0 Å². The first-order valence-corrected chi connectivity index (χ1v) is 5.85. The number of phenols is 1. The molecule has 3 heteroatoms. The van der Waals surface area contributed by atoms with Crippen molar-refractivity contribution >= 4 is 17.6 Å². The third-order valence-corrected chi connectivity index (χ3v) is 2.69. The van der Waals surface area contributed by atoms with Crippen molar-refractivity contribution in [2.24, 2.45) is 0 Å². The van der Waals surface area contributed by atoms with E-state index in [1.165, 1.54) is 19.2 Å². The van der Waals surface area contributed by atoms with E-state index >= 15 is 0 Å². The Morgan fingerprint density at radius 1 is 1.05 bits per heavy atom.